The van der Waals surface area contributed by atoms with E-state index in [-0.39, 0.29) is 18.0 Å². The standard InChI is InChI=1S/C17H25FN2O/c1-17(12-21,19-15-5-6-15)8-2-9-20-10-7-13-3-4-14(18)11-16(13)20/h3-4,11,15,19,21H,2,5-10,12H2,1H3. The maximum atomic E-state index is 13.4. The van der Waals surface area contributed by atoms with Gasteiger partial charge in [-0.15, -0.1) is 0 Å². The van der Waals surface area contributed by atoms with E-state index in [2.05, 4.69) is 17.1 Å². The Morgan fingerprint density at radius 3 is 2.95 bits per heavy atom. The highest BCUT2D eigenvalue weighted by Gasteiger charge is 2.31. The van der Waals surface area contributed by atoms with Crippen LogP contribution in [0.1, 0.15) is 38.2 Å². The number of aliphatic hydroxyl groups is 1. The van der Waals surface area contributed by atoms with Crippen LogP contribution < -0.4 is 10.2 Å². The van der Waals surface area contributed by atoms with Crippen molar-refractivity contribution in [3.63, 3.8) is 0 Å². The Balaban J connectivity index is 1.53. The van der Waals surface area contributed by atoms with Gasteiger partial charge in [0.25, 0.3) is 0 Å². The highest BCUT2D eigenvalue weighted by Crippen LogP contribution is 2.30. The molecule has 3 rings (SSSR count). The fraction of sp³-hybridized carbons (Fsp3) is 0.647. The van der Waals surface area contributed by atoms with Gasteiger partial charge in [0.1, 0.15) is 5.82 Å². The summed E-state index contributed by atoms with van der Waals surface area (Å²) in [5.74, 6) is -0.156. The number of benzene rings is 1. The highest BCUT2D eigenvalue weighted by atomic mass is 19.1. The van der Waals surface area contributed by atoms with Crippen LogP contribution in [0.2, 0.25) is 0 Å². The molecule has 0 radical (unpaired) electrons. The molecule has 0 spiro atoms. The fourth-order valence-corrected chi connectivity index (χ4v) is 3.23. The van der Waals surface area contributed by atoms with Crippen LogP contribution >= 0.6 is 0 Å². The maximum absolute atomic E-state index is 13.4. The predicted octanol–water partition coefficient (Wildman–Crippen LogP) is 2.47. The van der Waals surface area contributed by atoms with Gasteiger partial charge in [0.2, 0.25) is 0 Å². The molecule has 1 aromatic carbocycles. The third-order valence-electron chi connectivity index (χ3n) is 4.67. The number of anilines is 1. The van der Waals surface area contributed by atoms with Gasteiger partial charge < -0.3 is 15.3 Å². The van der Waals surface area contributed by atoms with Crippen LogP contribution in [-0.2, 0) is 6.42 Å². The number of rotatable bonds is 7. The average Bonchev–Trinajstić information content (AvgIpc) is 3.19. The number of hydrogen-bond donors (Lipinski definition) is 2. The highest BCUT2D eigenvalue weighted by molar-refractivity contribution is 5.58. The van der Waals surface area contributed by atoms with Crippen molar-refractivity contribution in [3.05, 3.63) is 29.6 Å². The molecule has 2 N–H and O–H groups in total. The Kier molecular flexibility index (Phi) is 4.18. The molecule has 21 heavy (non-hydrogen) atoms. The van der Waals surface area contributed by atoms with E-state index >= 15 is 0 Å². The SMILES string of the molecule is CC(CO)(CCCN1CCc2ccc(F)cc21)NC1CC1. The molecule has 0 aromatic heterocycles. The van der Waals surface area contributed by atoms with Crippen molar-refractivity contribution < 1.29 is 9.50 Å². The van der Waals surface area contributed by atoms with Gasteiger partial charge in [0, 0.05) is 30.4 Å². The first-order valence-electron chi connectivity index (χ1n) is 8.02. The summed E-state index contributed by atoms with van der Waals surface area (Å²) in [6.45, 7) is 4.18. The molecule has 3 nitrogen and oxygen atoms in total. The van der Waals surface area contributed by atoms with Gasteiger partial charge in [-0.25, -0.2) is 4.39 Å². The van der Waals surface area contributed by atoms with Gasteiger partial charge in [-0.05, 0) is 56.7 Å². The largest absolute Gasteiger partial charge is 0.394 e. The van der Waals surface area contributed by atoms with E-state index in [1.165, 1.54) is 18.4 Å². The Hall–Kier alpha value is -1.13. The van der Waals surface area contributed by atoms with Crippen LogP contribution in [0.15, 0.2) is 18.2 Å². The van der Waals surface area contributed by atoms with Crippen molar-refractivity contribution in [3.8, 4) is 0 Å². The van der Waals surface area contributed by atoms with Gasteiger partial charge in [-0.3, -0.25) is 0 Å². The van der Waals surface area contributed by atoms with Crippen LogP contribution in [-0.4, -0.2) is 36.4 Å². The lowest BCUT2D eigenvalue weighted by Gasteiger charge is -2.30. The van der Waals surface area contributed by atoms with Crippen LogP contribution in [0, 0.1) is 5.82 Å². The minimum absolute atomic E-state index is 0.156. The number of nitrogens with zero attached hydrogens (tertiary/aromatic N) is 1. The molecule has 1 aromatic rings. The molecule has 1 saturated carbocycles. The molecular formula is C17H25FN2O. The lowest BCUT2D eigenvalue weighted by Crippen LogP contribution is -2.47. The second kappa shape index (κ2) is 5.93. The molecule has 116 valence electrons. The number of nitrogens with one attached hydrogen (secondary N) is 1. The zero-order valence-electron chi connectivity index (χ0n) is 12.7. The summed E-state index contributed by atoms with van der Waals surface area (Å²) in [5, 5.41) is 13.2. The molecule has 0 saturated heterocycles. The van der Waals surface area contributed by atoms with Crippen LogP contribution in [0.25, 0.3) is 0 Å². The van der Waals surface area contributed by atoms with Crippen molar-refractivity contribution in [1.29, 1.82) is 0 Å². The minimum Gasteiger partial charge on any atom is -0.394 e. The smallest absolute Gasteiger partial charge is 0.125 e. The maximum Gasteiger partial charge on any atom is 0.125 e. The Bertz CT molecular complexity index is 504. The molecule has 1 atom stereocenters. The van der Waals surface area contributed by atoms with Crippen molar-refractivity contribution in [1.82, 2.24) is 5.32 Å². The molecule has 1 unspecified atom stereocenters. The van der Waals surface area contributed by atoms with Gasteiger partial charge in [-0.2, -0.15) is 0 Å². The van der Waals surface area contributed by atoms with Crippen molar-refractivity contribution in [2.24, 2.45) is 0 Å². The molecule has 2 aliphatic rings. The number of halogens is 1. The lowest BCUT2D eigenvalue weighted by atomic mass is 9.96. The van der Waals surface area contributed by atoms with Gasteiger partial charge in [0.05, 0.1) is 6.61 Å². The molecule has 1 aliphatic heterocycles. The zero-order chi connectivity index (χ0) is 14.9. The van der Waals surface area contributed by atoms with Crippen molar-refractivity contribution in [2.75, 3.05) is 24.6 Å². The summed E-state index contributed by atoms with van der Waals surface area (Å²) in [7, 11) is 0. The number of hydrogen-bond acceptors (Lipinski definition) is 3. The summed E-state index contributed by atoms with van der Waals surface area (Å²) in [6.07, 6.45) is 5.42. The van der Waals surface area contributed by atoms with E-state index in [1.807, 2.05) is 6.07 Å². The molecule has 0 bridgehead atoms. The zero-order valence-corrected chi connectivity index (χ0v) is 12.7. The Labute approximate surface area is 126 Å². The summed E-state index contributed by atoms with van der Waals surface area (Å²) >= 11 is 0. The Morgan fingerprint density at radius 1 is 1.43 bits per heavy atom. The fourth-order valence-electron chi connectivity index (χ4n) is 3.23. The molecule has 4 heteroatoms. The normalized spacial score (nSPS) is 20.4. The second-order valence-electron chi connectivity index (χ2n) is 6.75. The molecule has 1 heterocycles. The van der Waals surface area contributed by atoms with Crippen LogP contribution in [0.5, 0.6) is 0 Å². The van der Waals surface area contributed by atoms with Crippen molar-refractivity contribution >= 4 is 5.69 Å². The molecule has 1 aliphatic carbocycles. The van der Waals surface area contributed by atoms with E-state index in [0.29, 0.717) is 6.04 Å². The lowest BCUT2D eigenvalue weighted by molar-refractivity contribution is 0.162. The third kappa shape index (κ3) is 3.55. The molecular weight excluding hydrogens is 267 g/mol. The first kappa shape index (κ1) is 14.8. The number of fused-ring (bicyclic) bond motifs is 1. The van der Waals surface area contributed by atoms with E-state index < -0.39 is 0 Å². The summed E-state index contributed by atoms with van der Waals surface area (Å²) in [4.78, 5) is 2.27. The average molecular weight is 292 g/mol. The molecule has 0 amide bonds. The summed E-state index contributed by atoms with van der Waals surface area (Å²) in [6, 6.07) is 5.70. The topological polar surface area (TPSA) is 35.5 Å². The van der Waals surface area contributed by atoms with Crippen LogP contribution in [0.3, 0.4) is 0 Å². The van der Waals surface area contributed by atoms with Gasteiger partial charge in [0.15, 0.2) is 0 Å². The summed E-state index contributed by atoms with van der Waals surface area (Å²) in [5.41, 5.74) is 2.12. The molecule has 1 fully saturated rings. The minimum atomic E-state index is -0.175. The monoisotopic (exact) mass is 292 g/mol. The van der Waals surface area contributed by atoms with E-state index in [1.54, 1.807) is 12.1 Å². The number of aliphatic hydroxyl groups excluding tert-OH is 1. The Morgan fingerprint density at radius 2 is 2.24 bits per heavy atom. The first-order valence-corrected chi connectivity index (χ1v) is 8.02. The van der Waals surface area contributed by atoms with E-state index in [4.69, 9.17) is 0 Å². The van der Waals surface area contributed by atoms with E-state index in [0.717, 1.165) is 38.0 Å². The van der Waals surface area contributed by atoms with E-state index in [9.17, 15) is 9.50 Å². The second-order valence-corrected chi connectivity index (χ2v) is 6.75. The first-order chi connectivity index (χ1) is 10.1. The van der Waals surface area contributed by atoms with Gasteiger partial charge in [-0.1, -0.05) is 6.07 Å². The predicted molar refractivity (Wildman–Crippen MR) is 83.2 cm³/mol. The third-order valence-corrected chi connectivity index (χ3v) is 4.67. The van der Waals surface area contributed by atoms with Gasteiger partial charge >= 0.3 is 0 Å². The van der Waals surface area contributed by atoms with Crippen LogP contribution in [0.4, 0.5) is 10.1 Å². The quantitative estimate of drug-likeness (QED) is 0.810. The summed E-state index contributed by atoms with van der Waals surface area (Å²) < 4.78 is 13.4. The van der Waals surface area contributed by atoms with Crippen molar-refractivity contribution in [2.45, 2.75) is 50.6 Å².